The number of aryl methyl sites for hydroxylation is 1. The van der Waals surface area contributed by atoms with Crippen LogP contribution in [0.25, 0.3) is 0 Å². The molecular formula is C27H29BrFN3O4S. The number of halogens is 2. The molecule has 7 nitrogen and oxygen atoms in total. The lowest BCUT2D eigenvalue weighted by Gasteiger charge is -2.32. The van der Waals surface area contributed by atoms with E-state index in [9.17, 15) is 22.4 Å². The van der Waals surface area contributed by atoms with E-state index in [1.54, 1.807) is 49.4 Å². The van der Waals surface area contributed by atoms with E-state index in [0.29, 0.717) is 11.0 Å². The number of hydrogen-bond donors (Lipinski definition) is 1. The number of likely N-dealkylation sites (N-methyl/N-ethyl adjacent to an activating group) is 1. The second kappa shape index (κ2) is 12.3. The first-order chi connectivity index (χ1) is 17.5. The van der Waals surface area contributed by atoms with Crippen molar-refractivity contribution in [3.05, 3.63) is 94.2 Å². The number of anilines is 1. The summed E-state index contributed by atoms with van der Waals surface area (Å²) in [6.07, 6.45) is 0. The predicted molar refractivity (Wildman–Crippen MR) is 145 cm³/mol. The van der Waals surface area contributed by atoms with Crippen LogP contribution in [0, 0.1) is 12.7 Å². The van der Waals surface area contributed by atoms with Gasteiger partial charge in [-0.05, 0) is 57.2 Å². The molecule has 0 saturated heterocycles. The van der Waals surface area contributed by atoms with Gasteiger partial charge in [-0.2, -0.15) is 0 Å². The number of nitrogens with one attached hydrogen (secondary N) is 1. The van der Waals surface area contributed by atoms with Crippen LogP contribution in [-0.4, -0.2) is 44.3 Å². The number of carbonyl (C=O) groups excluding carboxylic acids is 2. The maximum Gasteiger partial charge on any atom is 0.264 e. The summed E-state index contributed by atoms with van der Waals surface area (Å²) in [5, 5.41) is 2.67. The predicted octanol–water partition coefficient (Wildman–Crippen LogP) is 4.65. The van der Waals surface area contributed by atoms with Crippen LogP contribution in [-0.2, 0) is 26.2 Å². The van der Waals surface area contributed by atoms with Crippen molar-refractivity contribution in [3.8, 4) is 0 Å². The van der Waals surface area contributed by atoms with Gasteiger partial charge in [0.2, 0.25) is 11.8 Å². The molecule has 196 valence electrons. The molecule has 0 spiro atoms. The van der Waals surface area contributed by atoms with Gasteiger partial charge in [0.15, 0.2) is 0 Å². The Labute approximate surface area is 225 Å². The summed E-state index contributed by atoms with van der Waals surface area (Å²) in [4.78, 5) is 27.6. The molecular weight excluding hydrogens is 561 g/mol. The molecule has 3 rings (SSSR count). The molecule has 0 heterocycles. The first-order valence-corrected chi connectivity index (χ1v) is 13.9. The Bertz CT molecular complexity index is 1370. The van der Waals surface area contributed by atoms with Crippen molar-refractivity contribution in [2.45, 2.75) is 38.3 Å². The number of sulfonamides is 1. The van der Waals surface area contributed by atoms with Crippen LogP contribution in [0.1, 0.15) is 25.0 Å². The van der Waals surface area contributed by atoms with Crippen molar-refractivity contribution in [1.29, 1.82) is 0 Å². The van der Waals surface area contributed by atoms with E-state index in [0.717, 1.165) is 9.87 Å². The quantitative estimate of drug-likeness (QED) is 0.373. The zero-order chi connectivity index (χ0) is 27.2. The molecule has 0 saturated carbocycles. The van der Waals surface area contributed by atoms with Crippen LogP contribution >= 0.6 is 15.9 Å². The molecule has 0 radical (unpaired) electrons. The Hall–Kier alpha value is -3.24. The van der Waals surface area contributed by atoms with E-state index in [-0.39, 0.29) is 22.7 Å². The molecule has 0 aliphatic rings. The average Bonchev–Trinajstić information content (AvgIpc) is 2.86. The molecule has 0 fully saturated rings. The lowest BCUT2D eigenvalue weighted by molar-refractivity contribution is -0.139. The van der Waals surface area contributed by atoms with Crippen molar-refractivity contribution in [3.63, 3.8) is 0 Å². The first kappa shape index (κ1) is 28.3. The standard InChI is InChI=1S/C27H29BrFN3O4S/c1-4-30-27(34)20(3)31(17-21-8-5-6-11-25(21)29)26(33)18-32(23-10-7-9-22(28)16-23)37(35,36)24-14-12-19(2)13-15-24/h5-16,20H,4,17-18H2,1-3H3,(H,30,34)/t20-/m1/s1. The van der Waals surface area contributed by atoms with E-state index in [1.165, 1.54) is 42.2 Å². The van der Waals surface area contributed by atoms with Crippen LogP contribution < -0.4 is 9.62 Å². The van der Waals surface area contributed by atoms with E-state index < -0.39 is 40.2 Å². The monoisotopic (exact) mass is 589 g/mol. The maximum atomic E-state index is 14.5. The topological polar surface area (TPSA) is 86.8 Å². The minimum atomic E-state index is -4.16. The summed E-state index contributed by atoms with van der Waals surface area (Å²) >= 11 is 3.36. The minimum Gasteiger partial charge on any atom is -0.355 e. The zero-order valence-corrected chi connectivity index (χ0v) is 23.2. The fourth-order valence-corrected chi connectivity index (χ4v) is 5.51. The maximum absolute atomic E-state index is 14.5. The summed E-state index contributed by atoms with van der Waals surface area (Å²) in [7, 11) is -4.16. The normalized spacial score (nSPS) is 12.0. The molecule has 1 atom stereocenters. The molecule has 0 aromatic heterocycles. The summed E-state index contributed by atoms with van der Waals surface area (Å²) in [5.41, 5.74) is 1.36. The highest BCUT2D eigenvalue weighted by Crippen LogP contribution is 2.27. The van der Waals surface area contributed by atoms with Crippen molar-refractivity contribution in [1.82, 2.24) is 10.2 Å². The molecule has 0 aliphatic carbocycles. The Morgan fingerprint density at radius 3 is 2.32 bits per heavy atom. The first-order valence-electron chi connectivity index (χ1n) is 11.7. The van der Waals surface area contributed by atoms with Gasteiger partial charge in [0.1, 0.15) is 18.4 Å². The Balaban J connectivity index is 2.04. The molecule has 3 aromatic carbocycles. The molecule has 37 heavy (non-hydrogen) atoms. The van der Waals surface area contributed by atoms with Crippen LogP contribution in [0.2, 0.25) is 0 Å². The Morgan fingerprint density at radius 1 is 1.03 bits per heavy atom. The Kier molecular flexibility index (Phi) is 9.45. The SMILES string of the molecule is CCNC(=O)[C@@H](C)N(Cc1ccccc1F)C(=O)CN(c1cccc(Br)c1)S(=O)(=O)c1ccc(C)cc1. The highest BCUT2D eigenvalue weighted by atomic mass is 79.9. The molecule has 0 unspecified atom stereocenters. The molecule has 0 bridgehead atoms. The molecule has 10 heteroatoms. The van der Waals surface area contributed by atoms with Gasteiger partial charge in [0.25, 0.3) is 10.0 Å². The van der Waals surface area contributed by atoms with Gasteiger partial charge >= 0.3 is 0 Å². The largest absolute Gasteiger partial charge is 0.355 e. The van der Waals surface area contributed by atoms with Gasteiger partial charge in [-0.1, -0.05) is 57.9 Å². The van der Waals surface area contributed by atoms with Gasteiger partial charge in [-0.3, -0.25) is 13.9 Å². The second-order valence-electron chi connectivity index (χ2n) is 8.49. The molecule has 2 amide bonds. The van der Waals surface area contributed by atoms with Gasteiger partial charge in [-0.15, -0.1) is 0 Å². The summed E-state index contributed by atoms with van der Waals surface area (Å²) in [5.74, 6) is -1.61. The van der Waals surface area contributed by atoms with E-state index in [2.05, 4.69) is 21.2 Å². The van der Waals surface area contributed by atoms with Gasteiger partial charge in [-0.25, -0.2) is 12.8 Å². The van der Waals surface area contributed by atoms with E-state index in [4.69, 9.17) is 0 Å². The third-order valence-corrected chi connectivity index (χ3v) is 8.08. The lowest BCUT2D eigenvalue weighted by atomic mass is 10.1. The Morgan fingerprint density at radius 2 is 1.70 bits per heavy atom. The molecule has 1 N–H and O–H groups in total. The summed E-state index contributed by atoms with van der Waals surface area (Å²) in [6, 6.07) is 17.9. The van der Waals surface area contributed by atoms with Crippen molar-refractivity contribution < 1.29 is 22.4 Å². The molecule has 3 aromatic rings. The summed E-state index contributed by atoms with van der Waals surface area (Å²) < 4.78 is 43.6. The minimum absolute atomic E-state index is 0.0169. The fraction of sp³-hybridized carbons (Fsp3) is 0.259. The van der Waals surface area contributed by atoms with Crippen LogP contribution in [0.4, 0.5) is 10.1 Å². The van der Waals surface area contributed by atoms with Gasteiger partial charge in [0, 0.05) is 23.1 Å². The van der Waals surface area contributed by atoms with Crippen LogP contribution in [0.3, 0.4) is 0 Å². The van der Waals surface area contributed by atoms with Crippen molar-refractivity contribution in [2.24, 2.45) is 0 Å². The highest BCUT2D eigenvalue weighted by Gasteiger charge is 2.32. The summed E-state index contributed by atoms with van der Waals surface area (Å²) in [6.45, 7) is 4.66. The fourth-order valence-electron chi connectivity index (χ4n) is 3.71. The third-order valence-electron chi connectivity index (χ3n) is 5.80. The highest BCUT2D eigenvalue weighted by molar-refractivity contribution is 9.10. The third kappa shape index (κ3) is 6.95. The lowest BCUT2D eigenvalue weighted by Crippen LogP contribution is -2.51. The second-order valence-corrected chi connectivity index (χ2v) is 11.3. The van der Waals surface area contributed by atoms with Gasteiger partial charge < -0.3 is 10.2 Å². The van der Waals surface area contributed by atoms with Gasteiger partial charge in [0.05, 0.1) is 10.6 Å². The number of nitrogens with zero attached hydrogens (tertiary/aromatic N) is 2. The number of rotatable bonds is 10. The van der Waals surface area contributed by atoms with Crippen LogP contribution in [0.15, 0.2) is 82.2 Å². The number of carbonyl (C=O) groups is 2. The molecule has 0 aliphatic heterocycles. The van der Waals surface area contributed by atoms with Crippen molar-refractivity contribution in [2.75, 3.05) is 17.4 Å². The number of benzene rings is 3. The van der Waals surface area contributed by atoms with E-state index >= 15 is 0 Å². The smallest absolute Gasteiger partial charge is 0.264 e. The average molecular weight is 591 g/mol. The zero-order valence-electron chi connectivity index (χ0n) is 20.8. The van der Waals surface area contributed by atoms with Crippen LogP contribution in [0.5, 0.6) is 0 Å². The number of hydrogen-bond acceptors (Lipinski definition) is 4. The van der Waals surface area contributed by atoms with Crippen molar-refractivity contribution >= 4 is 43.5 Å². The number of amides is 2. The van der Waals surface area contributed by atoms with E-state index in [1.807, 2.05) is 6.92 Å².